The predicted octanol–water partition coefficient (Wildman–Crippen LogP) is 10.6. The number of carboxylic acids is 1. The Hall–Kier alpha value is -1.32. The van der Waals surface area contributed by atoms with Gasteiger partial charge in [-0.1, -0.05) is 148 Å². The van der Waals surface area contributed by atoms with Crippen LogP contribution in [0.4, 0.5) is 0 Å². The van der Waals surface area contributed by atoms with Crippen LogP contribution >= 0.6 is 0 Å². The molecule has 1 N–H and O–H groups in total. The van der Waals surface area contributed by atoms with E-state index in [0.717, 1.165) is 32.1 Å². The Labute approximate surface area is 235 Å². The van der Waals surface area contributed by atoms with Gasteiger partial charge in [0, 0.05) is 0 Å². The summed E-state index contributed by atoms with van der Waals surface area (Å²) in [6.07, 6.45) is 34.1. The van der Waals surface area contributed by atoms with Gasteiger partial charge in [-0.2, -0.15) is 0 Å². The highest BCUT2D eigenvalue weighted by atomic mass is 16.5. The van der Waals surface area contributed by atoms with Gasteiger partial charge in [-0.25, -0.2) is 0 Å². The first kappa shape index (κ1) is 34.7. The Kier molecular flexibility index (Phi) is 22.6. The van der Waals surface area contributed by atoms with Crippen LogP contribution < -0.4 is 0 Å². The van der Waals surface area contributed by atoms with Crippen molar-refractivity contribution < 1.29 is 19.4 Å². The zero-order valence-electron chi connectivity index (χ0n) is 25.2. The maximum absolute atomic E-state index is 13.0. The van der Waals surface area contributed by atoms with Crippen molar-refractivity contribution in [3.05, 3.63) is 12.2 Å². The van der Waals surface area contributed by atoms with Crippen LogP contribution in [0.2, 0.25) is 0 Å². The smallest absolute Gasteiger partial charge is 0.313 e. The van der Waals surface area contributed by atoms with Crippen molar-refractivity contribution >= 4 is 11.9 Å². The number of esters is 1. The Balaban J connectivity index is 2.34. The van der Waals surface area contributed by atoms with Gasteiger partial charge in [-0.15, -0.1) is 0 Å². The molecule has 0 aromatic rings. The van der Waals surface area contributed by atoms with Gasteiger partial charge in [0.25, 0.3) is 0 Å². The van der Waals surface area contributed by atoms with Crippen LogP contribution in [0.5, 0.6) is 0 Å². The Morgan fingerprint density at radius 1 is 0.684 bits per heavy atom. The minimum atomic E-state index is -0.882. The molecule has 3 unspecified atom stereocenters. The highest BCUT2D eigenvalue weighted by molar-refractivity contribution is 5.83. The fourth-order valence-corrected chi connectivity index (χ4v) is 5.75. The average Bonchev–Trinajstić information content (AvgIpc) is 2.92. The van der Waals surface area contributed by atoms with Crippen LogP contribution in [-0.2, 0) is 14.3 Å². The Bertz CT molecular complexity index is 599. The van der Waals surface area contributed by atoms with Crippen LogP contribution in [0.25, 0.3) is 0 Å². The average molecular weight is 535 g/mol. The van der Waals surface area contributed by atoms with E-state index in [9.17, 15) is 14.7 Å². The third kappa shape index (κ3) is 18.1. The summed E-state index contributed by atoms with van der Waals surface area (Å²) in [5.41, 5.74) is 0. The zero-order chi connectivity index (χ0) is 27.7. The minimum absolute atomic E-state index is 0.0696. The second-order valence-corrected chi connectivity index (χ2v) is 11.8. The number of hydrogen-bond acceptors (Lipinski definition) is 3. The second-order valence-electron chi connectivity index (χ2n) is 11.8. The van der Waals surface area contributed by atoms with Crippen LogP contribution in [-0.4, -0.2) is 23.1 Å². The number of unbranched alkanes of at least 4 members (excludes halogenated alkanes) is 19. The Morgan fingerprint density at radius 3 is 1.47 bits per heavy atom. The lowest BCUT2D eigenvalue weighted by molar-refractivity contribution is -0.160. The molecule has 0 fully saturated rings. The molecule has 4 heteroatoms. The molecule has 0 radical (unpaired) electrons. The summed E-state index contributed by atoms with van der Waals surface area (Å²) in [4.78, 5) is 24.6. The number of ether oxygens (including phenoxy) is 1. The maximum atomic E-state index is 13.0. The van der Waals surface area contributed by atoms with Crippen LogP contribution in [0, 0.1) is 11.8 Å². The largest absolute Gasteiger partial charge is 0.481 e. The first-order chi connectivity index (χ1) is 18.6. The molecule has 0 aromatic heterocycles. The third-order valence-electron chi connectivity index (χ3n) is 8.30. The predicted molar refractivity (Wildman–Crippen MR) is 160 cm³/mol. The van der Waals surface area contributed by atoms with Gasteiger partial charge in [0.2, 0.25) is 0 Å². The molecule has 0 aromatic carbocycles. The Morgan fingerprint density at radius 2 is 1.08 bits per heavy atom. The number of carbonyl (C=O) groups is 2. The molecular weight excluding hydrogens is 472 g/mol. The van der Waals surface area contributed by atoms with Gasteiger partial charge in [0.05, 0.1) is 11.8 Å². The van der Waals surface area contributed by atoms with Gasteiger partial charge in [-0.3, -0.25) is 9.59 Å². The molecule has 1 aliphatic rings. The van der Waals surface area contributed by atoms with E-state index in [-0.39, 0.29) is 12.1 Å². The molecule has 0 spiro atoms. The van der Waals surface area contributed by atoms with E-state index >= 15 is 0 Å². The molecule has 3 atom stereocenters. The lowest BCUT2D eigenvalue weighted by atomic mass is 9.84. The molecule has 0 bridgehead atoms. The normalized spacial score (nSPS) is 17.9. The molecule has 1 rings (SSSR count). The zero-order valence-corrected chi connectivity index (χ0v) is 25.2. The molecule has 0 saturated carbocycles. The van der Waals surface area contributed by atoms with E-state index in [4.69, 9.17) is 4.74 Å². The van der Waals surface area contributed by atoms with Crippen molar-refractivity contribution in [1.29, 1.82) is 0 Å². The van der Waals surface area contributed by atoms with Crippen molar-refractivity contribution in [2.45, 2.75) is 180 Å². The van der Waals surface area contributed by atoms with E-state index in [1.807, 2.05) is 6.08 Å². The third-order valence-corrected chi connectivity index (χ3v) is 8.30. The van der Waals surface area contributed by atoms with Crippen molar-refractivity contribution in [3.8, 4) is 0 Å². The monoisotopic (exact) mass is 534 g/mol. The molecule has 222 valence electrons. The molecular formula is C34H62O4. The van der Waals surface area contributed by atoms with E-state index in [1.54, 1.807) is 6.08 Å². The quantitative estimate of drug-likeness (QED) is 0.0681. The van der Waals surface area contributed by atoms with Crippen molar-refractivity contribution in [2.75, 3.05) is 0 Å². The molecule has 4 nitrogen and oxygen atoms in total. The summed E-state index contributed by atoms with van der Waals surface area (Å²) in [6, 6.07) is 0. The lowest BCUT2D eigenvalue weighted by Crippen LogP contribution is -2.33. The molecule has 0 heterocycles. The number of rotatable bonds is 26. The van der Waals surface area contributed by atoms with Crippen LogP contribution in [0.1, 0.15) is 174 Å². The fourth-order valence-electron chi connectivity index (χ4n) is 5.75. The van der Waals surface area contributed by atoms with Gasteiger partial charge in [0.1, 0.15) is 6.10 Å². The highest BCUT2D eigenvalue weighted by Crippen LogP contribution is 2.28. The van der Waals surface area contributed by atoms with Crippen molar-refractivity contribution in [1.82, 2.24) is 0 Å². The number of carboxylic acid groups (broad SMARTS) is 1. The first-order valence-electron chi connectivity index (χ1n) is 16.7. The summed E-state index contributed by atoms with van der Waals surface area (Å²) in [7, 11) is 0. The molecule has 0 amide bonds. The topological polar surface area (TPSA) is 63.6 Å². The van der Waals surface area contributed by atoms with E-state index < -0.39 is 17.8 Å². The van der Waals surface area contributed by atoms with Crippen molar-refractivity contribution in [2.24, 2.45) is 11.8 Å². The van der Waals surface area contributed by atoms with Crippen LogP contribution in [0.3, 0.4) is 0 Å². The van der Waals surface area contributed by atoms with E-state index in [0.29, 0.717) is 6.42 Å². The number of carbonyl (C=O) groups excluding carboxylic acids is 1. The molecule has 38 heavy (non-hydrogen) atoms. The summed E-state index contributed by atoms with van der Waals surface area (Å²) in [6.45, 7) is 4.53. The number of aliphatic carboxylic acids is 1. The second kappa shape index (κ2) is 24.7. The van der Waals surface area contributed by atoms with E-state index in [2.05, 4.69) is 13.8 Å². The summed E-state index contributed by atoms with van der Waals surface area (Å²) in [5, 5.41) is 9.57. The van der Waals surface area contributed by atoms with Gasteiger partial charge >= 0.3 is 11.9 Å². The number of allylic oxidation sites excluding steroid dienone is 1. The van der Waals surface area contributed by atoms with Crippen molar-refractivity contribution in [3.63, 3.8) is 0 Å². The summed E-state index contributed by atoms with van der Waals surface area (Å²) < 4.78 is 5.99. The fraction of sp³-hybridized carbons (Fsp3) is 0.882. The van der Waals surface area contributed by atoms with Gasteiger partial charge in [0.15, 0.2) is 0 Å². The van der Waals surface area contributed by atoms with E-state index in [1.165, 1.54) is 122 Å². The first-order valence-corrected chi connectivity index (χ1v) is 16.7. The minimum Gasteiger partial charge on any atom is -0.481 e. The summed E-state index contributed by atoms with van der Waals surface area (Å²) >= 11 is 0. The molecule has 1 aliphatic carbocycles. The van der Waals surface area contributed by atoms with Crippen LogP contribution in [0.15, 0.2) is 12.2 Å². The SMILES string of the molecule is CCCCCCCCCCCCCC(CCCCCCCCCCCC)OC(=O)C1C=CCCC1C(=O)O. The van der Waals surface area contributed by atoms with Gasteiger partial charge < -0.3 is 9.84 Å². The molecule has 0 aliphatic heterocycles. The standard InChI is InChI=1S/C34H62O4/c1-3-5-7-9-11-13-15-17-19-21-23-27-30(26-22-20-18-16-14-12-10-8-6-4-2)38-34(37)32-29-25-24-28-31(32)33(35)36/h25,29-32H,3-24,26-28H2,1-2H3,(H,35,36). The maximum Gasteiger partial charge on any atom is 0.313 e. The molecule has 0 saturated heterocycles. The lowest BCUT2D eigenvalue weighted by Gasteiger charge is -2.26. The highest BCUT2D eigenvalue weighted by Gasteiger charge is 2.35. The number of hydrogen-bond donors (Lipinski definition) is 1. The summed E-state index contributed by atoms with van der Waals surface area (Å²) in [5.74, 6) is -2.48. The van der Waals surface area contributed by atoms with Gasteiger partial charge in [-0.05, 0) is 38.5 Å².